The molecular formula is C15H30IN3O3. The van der Waals surface area contributed by atoms with Crippen LogP contribution in [0.3, 0.4) is 0 Å². The van der Waals surface area contributed by atoms with E-state index in [1.807, 2.05) is 39.6 Å². The largest absolute Gasteiger partial charge is 0.459 e. The van der Waals surface area contributed by atoms with Crippen molar-refractivity contribution < 1.29 is 14.3 Å². The SMILES string of the molecule is CCNC(=NCC(=O)OC(C)(C)C)N(C)CC1CCOC1.I. The summed E-state index contributed by atoms with van der Waals surface area (Å²) in [6.07, 6.45) is 1.08. The Bertz CT molecular complexity index is 364. The molecule has 0 aromatic heterocycles. The summed E-state index contributed by atoms with van der Waals surface area (Å²) >= 11 is 0. The van der Waals surface area contributed by atoms with Crippen molar-refractivity contribution in [3.63, 3.8) is 0 Å². The van der Waals surface area contributed by atoms with Gasteiger partial charge in [-0.05, 0) is 34.1 Å². The van der Waals surface area contributed by atoms with Gasteiger partial charge >= 0.3 is 5.97 Å². The van der Waals surface area contributed by atoms with Gasteiger partial charge in [0, 0.05) is 32.7 Å². The monoisotopic (exact) mass is 427 g/mol. The number of hydrogen-bond acceptors (Lipinski definition) is 4. The second-order valence-electron chi connectivity index (χ2n) is 6.37. The van der Waals surface area contributed by atoms with Gasteiger partial charge in [-0.3, -0.25) is 4.79 Å². The Hall–Kier alpha value is -0.570. The number of esters is 1. The van der Waals surface area contributed by atoms with Crippen LogP contribution in [0, 0.1) is 5.92 Å². The Morgan fingerprint density at radius 1 is 1.45 bits per heavy atom. The van der Waals surface area contributed by atoms with E-state index < -0.39 is 5.60 Å². The predicted molar refractivity (Wildman–Crippen MR) is 98.8 cm³/mol. The van der Waals surface area contributed by atoms with Crippen molar-refractivity contribution in [2.45, 2.75) is 39.7 Å². The van der Waals surface area contributed by atoms with E-state index in [9.17, 15) is 4.79 Å². The molecular weight excluding hydrogens is 397 g/mol. The summed E-state index contributed by atoms with van der Waals surface area (Å²) in [5.74, 6) is 0.950. The molecule has 1 aliphatic heterocycles. The average Bonchev–Trinajstić information content (AvgIpc) is 2.84. The first-order valence-electron chi connectivity index (χ1n) is 7.61. The summed E-state index contributed by atoms with van der Waals surface area (Å²) < 4.78 is 10.7. The van der Waals surface area contributed by atoms with Crippen LogP contribution in [0.4, 0.5) is 0 Å². The minimum absolute atomic E-state index is 0. The van der Waals surface area contributed by atoms with Crippen LogP contribution in [-0.4, -0.2) is 62.3 Å². The summed E-state index contributed by atoms with van der Waals surface area (Å²) in [5.41, 5.74) is -0.474. The molecule has 1 atom stereocenters. The molecule has 0 aromatic rings. The fourth-order valence-corrected chi connectivity index (χ4v) is 2.18. The zero-order chi connectivity index (χ0) is 15.9. The normalized spacial score (nSPS) is 18.6. The molecule has 0 bridgehead atoms. The van der Waals surface area contributed by atoms with Gasteiger partial charge in [-0.1, -0.05) is 0 Å². The number of halogens is 1. The highest BCUT2D eigenvalue weighted by Gasteiger charge is 2.20. The zero-order valence-electron chi connectivity index (χ0n) is 14.3. The Balaban J connectivity index is 0.00000441. The van der Waals surface area contributed by atoms with Crippen molar-refractivity contribution in [3.8, 4) is 0 Å². The summed E-state index contributed by atoms with van der Waals surface area (Å²) in [4.78, 5) is 18.1. The Morgan fingerprint density at radius 2 is 2.14 bits per heavy atom. The topological polar surface area (TPSA) is 63.2 Å². The lowest BCUT2D eigenvalue weighted by molar-refractivity contribution is -0.152. The highest BCUT2D eigenvalue weighted by Crippen LogP contribution is 2.13. The summed E-state index contributed by atoms with van der Waals surface area (Å²) in [7, 11) is 1.98. The number of hydrogen-bond donors (Lipinski definition) is 1. The summed E-state index contributed by atoms with van der Waals surface area (Å²) in [5, 5.41) is 3.20. The Kier molecular flexibility index (Phi) is 9.99. The van der Waals surface area contributed by atoms with E-state index in [-0.39, 0.29) is 36.5 Å². The standard InChI is InChI=1S/C15H29N3O3.HI/c1-6-16-14(17-9-13(19)21-15(2,3)4)18(5)10-12-7-8-20-11-12;/h12H,6-11H2,1-5H3,(H,16,17);1H. The molecule has 0 aliphatic carbocycles. The second-order valence-corrected chi connectivity index (χ2v) is 6.37. The fraction of sp³-hybridized carbons (Fsp3) is 0.867. The number of carbonyl (C=O) groups is 1. The molecule has 1 rings (SSSR count). The average molecular weight is 427 g/mol. The van der Waals surface area contributed by atoms with E-state index in [2.05, 4.69) is 10.3 Å². The first kappa shape index (κ1) is 21.4. The van der Waals surface area contributed by atoms with E-state index >= 15 is 0 Å². The highest BCUT2D eigenvalue weighted by molar-refractivity contribution is 14.0. The predicted octanol–water partition coefficient (Wildman–Crippen LogP) is 1.88. The van der Waals surface area contributed by atoms with Crippen molar-refractivity contribution in [1.82, 2.24) is 10.2 Å². The lowest BCUT2D eigenvalue weighted by atomic mass is 10.1. The molecule has 0 amide bonds. The molecule has 1 saturated heterocycles. The van der Waals surface area contributed by atoms with Crippen LogP contribution >= 0.6 is 24.0 Å². The minimum atomic E-state index is -0.474. The van der Waals surface area contributed by atoms with Gasteiger partial charge in [-0.15, -0.1) is 24.0 Å². The maximum Gasteiger partial charge on any atom is 0.328 e. The third kappa shape index (κ3) is 8.77. The van der Waals surface area contributed by atoms with E-state index in [0.29, 0.717) is 5.92 Å². The highest BCUT2D eigenvalue weighted by atomic mass is 127. The van der Waals surface area contributed by atoms with Gasteiger partial charge in [0.1, 0.15) is 12.1 Å². The van der Waals surface area contributed by atoms with Gasteiger partial charge in [-0.2, -0.15) is 0 Å². The lowest BCUT2D eigenvalue weighted by Crippen LogP contribution is -2.42. The minimum Gasteiger partial charge on any atom is -0.459 e. The van der Waals surface area contributed by atoms with Crippen molar-refractivity contribution in [2.75, 3.05) is 39.9 Å². The molecule has 7 heteroatoms. The molecule has 6 nitrogen and oxygen atoms in total. The van der Waals surface area contributed by atoms with Crippen LogP contribution in [0.5, 0.6) is 0 Å². The van der Waals surface area contributed by atoms with Crippen LogP contribution in [0.2, 0.25) is 0 Å². The zero-order valence-corrected chi connectivity index (χ0v) is 16.7. The van der Waals surface area contributed by atoms with Crippen LogP contribution in [0.15, 0.2) is 4.99 Å². The van der Waals surface area contributed by atoms with E-state index in [4.69, 9.17) is 9.47 Å². The smallest absolute Gasteiger partial charge is 0.328 e. The number of nitrogens with one attached hydrogen (secondary N) is 1. The summed E-state index contributed by atoms with van der Waals surface area (Å²) in [6.45, 7) is 10.9. The molecule has 130 valence electrons. The number of aliphatic imine (C=N–C) groups is 1. The van der Waals surface area contributed by atoms with Crippen LogP contribution in [0.25, 0.3) is 0 Å². The molecule has 0 spiro atoms. The van der Waals surface area contributed by atoms with Gasteiger partial charge in [0.05, 0.1) is 6.61 Å². The second kappa shape index (κ2) is 10.3. The van der Waals surface area contributed by atoms with E-state index in [1.54, 1.807) is 0 Å². The molecule has 1 unspecified atom stereocenters. The van der Waals surface area contributed by atoms with Gasteiger partial charge in [0.15, 0.2) is 5.96 Å². The fourth-order valence-electron chi connectivity index (χ4n) is 2.18. The molecule has 1 aliphatic rings. The van der Waals surface area contributed by atoms with Crippen molar-refractivity contribution in [2.24, 2.45) is 10.9 Å². The molecule has 0 radical (unpaired) electrons. The van der Waals surface area contributed by atoms with Gasteiger partial charge < -0.3 is 19.7 Å². The van der Waals surface area contributed by atoms with Crippen LogP contribution < -0.4 is 5.32 Å². The Morgan fingerprint density at radius 3 is 2.64 bits per heavy atom. The van der Waals surface area contributed by atoms with Crippen LogP contribution in [-0.2, 0) is 14.3 Å². The van der Waals surface area contributed by atoms with E-state index in [1.165, 1.54) is 0 Å². The third-order valence-corrected chi connectivity index (χ3v) is 3.03. The van der Waals surface area contributed by atoms with Crippen molar-refractivity contribution in [3.05, 3.63) is 0 Å². The Labute approximate surface area is 151 Å². The first-order chi connectivity index (χ1) is 9.81. The quantitative estimate of drug-likeness (QED) is 0.314. The van der Waals surface area contributed by atoms with Crippen molar-refractivity contribution >= 4 is 35.9 Å². The van der Waals surface area contributed by atoms with E-state index in [0.717, 1.165) is 38.7 Å². The molecule has 0 aromatic carbocycles. The number of guanidine groups is 1. The molecule has 1 heterocycles. The van der Waals surface area contributed by atoms with Gasteiger partial charge in [0.2, 0.25) is 0 Å². The van der Waals surface area contributed by atoms with Gasteiger partial charge in [0.25, 0.3) is 0 Å². The molecule has 1 N–H and O–H groups in total. The third-order valence-electron chi connectivity index (χ3n) is 3.03. The lowest BCUT2D eigenvalue weighted by Gasteiger charge is -2.24. The number of carbonyl (C=O) groups excluding carboxylic acids is 1. The molecule has 1 fully saturated rings. The van der Waals surface area contributed by atoms with Crippen molar-refractivity contribution in [1.29, 1.82) is 0 Å². The van der Waals surface area contributed by atoms with Gasteiger partial charge in [-0.25, -0.2) is 4.99 Å². The number of rotatable bonds is 5. The maximum atomic E-state index is 11.7. The molecule has 0 saturated carbocycles. The maximum absolute atomic E-state index is 11.7. The first-order valence-corrected chi connectivity index (χ1v) is 7.61. The number of ether oxygens (including phenoxy) is 2. The summed E-state index contributed by atoms with van der Waals surface area (Å²) in [6, 6.07) is 0. The van der Waals surface area contributed by atoms with Crippen LogP contribution in [0.1, 0.15) is 34.1 Å². The molecule has 22 heavy (non-hydrogen) atoms. The number of nitrogens with zero attached hydrogens (tertiary/aromatic N) is 2.